The molecule has 3 amide bonds. The minimum absolute atomic E-state index is 0.0353. The second-order valence-electron chi connectivity index (χ2n) is 8.23. The van der Waals surface area contributed by atoms with Crippen molar-refractivity contribution in [2.24, 2.45) is 0 Å². The van der Waals surface area contributed by atoms with Gasteiger partial charge in [0, 0.05) is 29.4 Å². The van der Waals surface area contributed by atoms with Crippen molar-refractivity contribution in [3.8, 4) is 17.2 Å². The number of anilines is 2. The lowest BCUT2D eigenvalue weighted by Gasteiger charge is -2.19. The molecule has 0 bridgehead atoms. The molecule has 8 nitrogen and oxygen atoms in total. The van der Waals surface area contributed by atoms with Crippen LogP contribution in [0.15, 0.2) is 54.7 Å². The van der Waals surface area contributed by atoms with Gasteiger partial charge in [0.05, 0.1) is 12.0 Å². The van der Waals surface area contributed by atoms with E-state index in [0.717, 1.165) is 16.9 Å². The molecule has 3 heterocycles. The smallest absolute Gasteiger partial charge is 0.319 e. The van der Waals surface area contributed by atoms with Crippen molar-refractivity contribution in [1.82, 2.24) is 10.3 Å². The fourth-order valence-electron chi connectivity index (χ4n) is 4.41. The number of halogens is 1. The molecule has 3 aromatic rings. The van der Waals surface area contributed by atoms with Gasteiger partial charge in [-0.05, 0) is 55.0 Å². The van der Waals surface area contributed by atoms with Crippen molar-refractivity contribution < 1.29 is 23.5 Å². The van der Waals surface area contributed by atoms with Crippen molar-refractivity contribution in [2.75, 3.05) is 10.6 Å². The first-order chi connectivity index (χ1) is 16.0. The van der Waals surface area contributed by atoms with E-state index in [1.807, 2.05) is 18.2 Å². The highest BCUT2D eigenvalue weighted by Gasteiger charge is 2.59. The number of aromatic nitrogens is 1. The van der Waals surface area contributed by atoms with Crippen LogP contribution in [-0.2, 0) is 11.2 Å². The van der Waals surface area contributed by atoms with Crippen molar-refractivity contribution in [1.29, 1.82) is 0 Å². The predicted molar refractivity (Wildman–Crippen MR) is 117 cm³/mol. The average Bonchev–Trinajstić information content (AvgIpc) is 3.31. The van der Waals surface area contributed by atoms with Gasteiger partial charge in [-0.2, -0.15) is 0 Å². The van der Waals surface area contributed by atoms with E-state index in [0.29, 0.717) is 35.8 Å². The van der Waals surface area contributed by atoms with Crippen LogP contribution in [0.5, 0.6) is 17.2 Å². The number of hydrogen-bond acceptors (Lipinski definition) is 5. The molecule has 1 saturated carbocycles. The fraction of sp³-hybridized carbons (Fsp3) is 0.208. The highest BCUT2D eigenvalue weighted by molar-refractivity contribution is 5.93. The zero-order chi connectivity index (χ0) is 22.5. The Kier molecular flexibility index (Phi) is 4.42. The monoisotopic (exact) mass is 446 g/mol. The van der Waals surface area contributed by atoms with Gasteiger partial charge in [-0.1, -0.05) is 0 Å². The first-order valence-corrected chi connectivity index (χ1v) is 10.6. The number of carbonyl (C=O) groups excluding carboxylic acids is 2. The van der Waals surface area contributed by atoms with Crippen LogP contribution < -0.4 is 25.4 Å². The maximum absolute atomic E-state index is 13.0. The van der Waals surface area contributed by atoms with Gasteiger partial charge >= 0.3 is 6.03 Å². The van der Waals surface area contributed by atoms with Crippen LogP contribution in [0.3, 0.4) is 0 Å². The SMILES string of the molecule is O=C1CCc2c(Oc3ccc4c(c3)[C@H]3[C@H](NC(=O)Nc5ccc(F)cc5)[C@H]3O4)ccnc2N1. The summed E-state index contributed by atoms with van der Waals surface area (Å²) in [5.41, 5.74) is 2.35. The van der Waals surface area contributed by atoms with Crippen LogP contribution in [0.4, 0.5) is 20.7 Å². The predicted octanol–water partition coefficient (Wildman–Crippen LogP) is 3.95. The molecule has 6 rings (SSSR count). The molecule has 0 radical (unpaired) electrons. The van der Waals surface area contributed by atoms with Crippen LogP contribution in [-0.4, -0.2) is 29.1 Å². The van der Waals surface area contributed by atoms with E-state index in [1.54, 1.807) is 12.3 Å². The number of rotatable bonds is 4. The van der Waals surface area contributed by atoms with Gasteiger partial charge < -0.3 is 25.4 Å². The maximum atomic E-state index is 13.0. The lowest BCUT2D eigenvalue weighted by Crippen LogP contribution is -2.33. The van der Waals surface area contributed by atoms with E-state index in [-0.39, 0.29) is 35.8 Å². The lowest BCUT2D eigenvalue weighted by molar-refractivity contribution is -0.116. The summed E-state index contributed by atoms with van der Waals surface area (Å²) in [5, 5.41) is 8.38. The van der Waals surface area contributed by atoms with E-state index in [1.165, 1.54) is 24.3 Å². The number of fused-ring (bicyclic) bond motifs is 4. The number of ether oxygens (including phenoxy) is 2. The zero-order valence-electron chi connectivity index (χ0n) is 17.3. The van der Waals surface area contributed by atoms with Gasteiger partial charge in [0.2, 0.25) is 5.91 Å². The van der Waals surface area contributed by atoms with Crippen molar-refractivity contribution in [2.45, 2.75) is 30.9 Å². The van der Waals surface area contributed by atoms with Crippen molar-refractivity contribution in [3.05, 3.63) is 71.7 Å². The Hall–Kier alpha value is -4.14. The molecule has 0 saturated heterocycles. The third-order valence-electron chi connectivity index (χ3n) is 6.06. The Morgan fingerprint density at radius 1 is 1.15 bits per heavy atom. The summed E-state index contributed by atoms with van der Waals surface area (Å²) >= 11 is 0. The standard InChI is InChI=1S/C24H19FN4O4/c25-12-1-3-13(4-2-12)27-24(31)29-21-20-16-11-14(5-7-17(16)33-22(20)21)32-18-9-10-26-23-15(18)6-8-19(30)28-23/h1-5,7,9-11,20-22H,6,8H2,(H,26,28,30)(H2,27,29,31)/t20-,21-,22-/m0/s1. The minimum atomic E-state index is -0.371. The van der Waals surface area contributed by atoms with E-state index in [9.17, 15) is 14.0 Å². The highest BCUT2D eigenvalue weighted by atomic mass is 19.1. The molecule has 2 aromatic carbocycles. The Morgan fingerprint density at radius 3 is 2.85 bits per heavy atom. The van der Waals surface area contributed by atoms with Gasteiger partial charge in [-0.25, -0.2) is 14.2 Å². The number of hydrogen-bond donors (Lipinski definition) is 3. The normalized spacial score (nSPS) is 21.6. The van der Waals surface area contributed by atoms with Gasteiger partial charge in [-0.3, -0.25) is 4.79 Å². The molecule has 1 aliphatic carbocycles. The Balaban J connectivity index is 1.15. The number of benzene rings is 2. The third kappa shape index (κ3) is 3.61. The number of carbonyl (C=O) groups is 2. The number of nitrogens with zero attached hydrogens (tertiary/aromatic N) is 1. The first-order valence-electron chi connectivity index (χ1n) is 10.6. The summed E-state index contributed by atoms with van der Waals surface area (Å²) in [7, 11) is 0. The third-order valence-corrected chi connectivity index (χ3v) is 6.06. The second kappa shape index (κ2) is 7.47. The minimum Gasteiger partial charge on any atom is -0.487 e. The van der Waals surface area contributed by atoms with Crippen LogP contribution in [0, 0.1) is 5.82 Å². The Labute approximate surface area is 188 Å². The van der Waals surface area contributed by atoms with Gasteiger partial charge in [0.15, 0.2) is 0 Å². The Bertz CT molecular complexity index is 1280. The summed E-state index contributed by atoms with van der Waals surface area (Å²) in [4.78, 5) is 28.2. The first kappa shape index (κ1) is 19.5. The molecule has 3 N–H and O–H groups in total. The number of pyridine rings is 1. The van der Waals surface area contributed by atoms with Gasteiger partial charge in [0.1, 0.15) is 35.0 Å². The second-order valence-corrected chi connectivity index (χ2v) is 8.23. The fourth-order valence-corrected chi connectivity index (χ4v) is 4.41. The summed E-state index contributed by atoms with van der Waals surface area (Å²) in [6, 6.07) is 12.5. The molecular formula is C24H19FN4O4. The molecule has 9 heteroatoms. The number of urea groups is 1. The van der Waals surface area contributed by atoms with Gasteiger partial charge in [-0.15, -0.1) is 0 Å². The molecule has 1 aromatic heterocycles. The molecular weight excluding hydrogens is 427 g/mol. The summed E-state index contributed by atoms with van der Waals surface area (Å²) in [5.74, 6) is 2.23. The molecule has 33 heavy (non-hydrogen) atoms. The molecule has 2 aliphatic heterocycles. The van der Waals surface area contributed by atoms with Crippen molar-refractivity contribution >= 4 is 23.4 Å². The van der Waals surface area contributed by atoms with Crippen LogP contribution >= 0.6 is 0 Å². The summed E-state index contributed by atoms with van der Waals surface area (Å²) in [6.45, 7) is 0. The van der Waals surface area contributed by atoms with E-state index in [2.05, 4.69) is 20.9 Å². The average molecular weight is 446 g/mol. The molecule has 3 atom stereocenters. The van der Waals surface area contributed by atoms with E-state index >= 15 is 0 Å². The molecule has 166 valence electrons. The maximum Gasteiger partial charge on any atom is 0.319 e. The van der Waals surface area contributed by atoms with E-state index in [4.69, 9.17) is 9.47 Å². The topological polar surface area (TPSA) is 102 Å². The number of amides is 3. The number of nitrogens with one attached hydrogen (secondary N) is 3. The van der Waals surface area contributed by atoms with Crippen LogP contribution in [0.1, 0.15) is 23.5 Å². The van der Waals surface area contributed by atoms with Crippen LogP contribution in [0.2, 0.25) is 0 Å². The molecule has 0 unspecified atom stereocenters. The van der Waals surface area contributed by atoms with E-state index < -0.39 is 0 Å². The lowest BCUT2D eigenvalue weighted by atomic mass is 10.1. The largest absolute Gasteiger partial charge is 0.487 e. The van der Waals surface area contributed by atoms with Crippen LogP contribution in [0.25, 0.3) is 0 Å². The van der Waals surface area contributed by atoms with Gasteiger partial charge in [0.25, 0.3) is 0 Å². The quantitative estimate of drug-likeness (QED) is 0.564. The summed E-state index contributed by atoms with van der Waals surface area (Å²) < 4.78 is 25.1. The highest BCUT2D eigenvalue weighted by Crippen LogP contribution is 2.54. The Morgan fingerprint density at radius 2 is 2.00 bits per heavy atom. The summed E-state index contributed by atoms with van der Waals surface area (Å²) in [6.07, 6.45) is 2.44. The van der Waals surface area contributed by atoms with Crippen molar-refractivity contribution in [3.63, 3.8) is 0 Å². The molecule has 1 fully saturated rings. The molecule has 3 aliphatic rings. The zero-order valence-corrected chi connectivity index (χ0v) is 17.3. The molecule has 0 spiro atoms.